The number of nitrogens with one attached hydrogen (secondary N) is 8. The predicted molar refractivity (Wildman–Crippen MR) is 482 cm³/mol. The van der Waals surface area contributed by atoms with Crippen LogP contribution >= 0.6 is 11.6 Å². The van der Waals surface area contributed by atoms with Gasteiger partial charge in [0.1, 0.15) is 89.8 Å². The van der Waals surface area contributed by atoms with E-state index >= 15 is 28.8 Å². The molecular formula is C95H119ClN12O26S. The number of amides is 8. The van der Waals surface area contributed by atoms with Crippen molar-refractivity contribution in [1.82, 2.24) is 51.7 Å². The molecule has 5 aliphatic carbocycles. The third-order valence-electron chi connectivity index (χ3n) is 28.0. The van der Waals surface area contributed by atoms with Gasteiger partial charge in [0.25, 0.3) is 0 Å². The molecule has 0 spiro atoms. The number of ether oxygens (including phenoxy) is 7. The summed E-state index contributed by atoms with van der Waals surface area (Å²) in [6.07, 6.45) is -11.4. The number of aliphatic hydroxyl groups is 8. The van der Waals surface area contributed by atoms with Crippen molar-refractivity contribution in [3.05, 3.63) is 152 Å². The van der Waals surface area contributed by atoms with Crippen LogP contribution in [0.3, 0.4) is 0 Å². The van der Waals surface area contributed by atoms with Crippen LogP contribution in [0.2, 0.25) is 5.02 Å². The van der Waals surface area contributed by atoms with Crippen LogP contribution in [0.25, 0.3) is 11.1 Å². The molecule has 40 heteroatoms. The molecule has 4 saturated carbocycles. The normalized spacial score (nSPS) is 30.8. The summed E-state index contributed by atoms with van der Waals surface area (Å²) in [6, 6.07) is 6.86. The highest BCUT2D eigenvalue weighted by molar-refractivity contribution is 7.89. The number of primary amides is 1. The van der Waals surface area contributed by atoms with Crippen molar-refractivity contribution < 1.29 is 126 Å². The highest BCUT2D eigenvalue weighted by Gasteiger charge is 2.55. The molecule has 7 fully saturated rings. The lowest BCUT2D eigenvalue weighted by atomic mass is 9.54. The number of aryl methyl sites for hydroxylation is 1. The molecule has 0 unspecified atom stereocenters. The Morgan fingerprint density at radius 3 is 2.04 bits per heavy atom. The minimum atomic E-state index is -4.25. The Kier molecular flexibility index (Phi) is 28.7. The number of rotatable bonds is 24. The molecule has 3 saturated heterocycles. The first-order valence-electron chi connectivity index (χ1n) is 46.1. The van der Waals surface area contributed by atoms with Crippen molar-refractivity contribution in [3.8, 4) is 51.4 Å². The number of sulfonamides is 1. The number of fused-ring (bicyclic) bond motifs is 12. The van der Waals surface area contributed by atoms with Gasteiger partial charge in [0.05, 0.1) is 48.1 Å². The molecule has 6 aromatic rings. The number of carbonyl (C=O) groups is 8. The van der Waals surface area contributed by atoms with Crippen LogP contribution in [-0.4, -0.2) is 236 Å². The third-order valence-corrected chi connectivity index (χ3v) is 30.1. The van der Waals surface area contributed by atoms with Crippen molar-refractivity contribution in [2.45, 2.75) is 258 Å². The number of benzene rings is 6. The molecule has 8 heterocycles. The number of hydrogen-bond acceptors (Lipinski definition) is 29. The van der Waals surface area contributed by atoms with Crippen LogP contribution < -0.4 is 72.9 Å². The molecule has 728 valence electrons. The number of nitrogens with zero attached hydrogens (tertiary/aromatic N) is 2. The monoisotopic (exact) mass is 1910 g/mol. The van der Waals surface area contributed by atoms with Crippen LogP contribution in [0, 0.1) is 36.5 Å². The first-order valence-corrected chi connectivity index (χ1v) is 47.9. The van der Waals surface area contributed by atoms with E-state index in [1.54, 1.807) is 17.0 Å². The van der Waals surface area contributed by atoms with Crippen LogP contribution in [0.15, 0.2) is 102 Å². The summed E-state index contributed by atoms with van der Waals surface area (Å²) >= 11 is 7.38. The third kappa shape index (κ3) is 20.0. The van der Waals surface area contributed by atoms with E-state index in [0.29, 0.717) is 24.2 Å². The number of carbonyl (C=O) groups excluding carboxylic acids is 8. The maximum Gasteiger partial charge on any atom is 0.248 e. The second-order valence-corrected chi connectivity index (χ2v) is 40.6. The highest BCUT2D eigenvalue weighted by Crippen LogP contribution is 2.57. The number of likely N-dealkylation sites (N-methyl/N-ethyl adjacent to an activating group) is 1. The van der Waals surface area contributed by atoms with E-state index in [2.05, 4.69) is 49.5 Å². The topological polar surface area (TPSA) is 572 Å². The number of aliphatic hydroxyl groups excluding tert-OH is 6. The Hall–Kier alpha value is -10.3. The summed E-state index contributed by atoms with van der Waals surface area (Å²) in [5.41, 5.74) is 8.80. The largest absolute Gasteiger partial charge is 0.508 e. The molecular weight excluding hydrogens is 1790 g/mol. The first kappa shape index (κ1) is 97.8. The van der Waals surface area contributed by atoms with E-state index in [9.17, 15) is 64.0 Å². The van der Waals surface area contributed by atoms with Gasteiger partial charge in [-0.2, -0.15) is 4.31 Å². The molecule has 18 atom stereocenters. The van der Waals surface area contributed by atoms with Crippen molar-refractivity contribution in [2.75, 3.05) is 40.0 Å². The van der Waals surface area contributed by atoms with Gasteiger partial charge in [-0.3, -0.25) is 43.3 Å². The van der Waals surface area contributed by atoms with Gasteiger partial charge in [-0.05, 0) is 232 Å². The van der Waals surface area contributed by atoms with Crippen LogP contribution in [0.4, 0.5) is 0 Å². The van der Waals surface area contributed by atoms with E-state index in [4.69, 9.17) is 56.2 Å². The van der Waals surface area contributed by atoms with E-state index in [1.165, 1.54) is 98.9 Å². The molecule has 8 amide bonds. The van der Waals surface area contributed by atoms with E-state index in [-0.39, 0.29) is 128 Å². The van der Waals surface area contributed by atoms with Gasteiger partial charge in [0.2, 0.25) is 75.1 Å². The molecule has 13 aliphatic rings. The Bertz CT molecular complexity index is 5630. The zero-order valence-electron chi connectivity index (χ0n) is 75.8. The molecule has 15 bridgehead atoms. The summed E-state index contributed by atoms with van der Waals surface area (Å²) in [5.74, 6) is -13.8. The number of phenols is 1. The summed E-state index contributed by atoms with van der Waals surface area (Å²) < 4.78 is 76.0. The lowest BCUT2D eigenvalue weighted by molar-refractivity contribution is -0.333. The molecule has 135 heavy (non-hydrogen) atoms. The molecule has 19 rings (SSSR count). The minimum absolute atomic E-state index is 0.0125. The molecule has 0 radical (unpaired) electrons. The lowest BCUT2D eigenvalue weighted by Crippen LogP contribution is -2.64. The fourth-order valence-corrected chi connectivity index (χ4v) is 22.8. The second kappa shape index (κ2) is 39.7. The fourth-order valence-electron chi connectivity index (χ4n) is 21.1. The standard InChI is InChI=1S/C95H119ClN12O26S/c1-8-9-10-26-128-54-15-17-55(18-16-54)135(126,127)108-25-11-24-107(42-108)40-58-63(110)38-57-71-56-34-48(12-19-59(56)95(124,125)72(58)71)74-88(119)106-78(92(123)104-76(57)90(121)101-73-51-30-46-29-47(32-51)33-52(73)31-46)80(113)50-14-22-65(60(96)35-50)131-67-37-53-36-66(83(67)134-93-84(82(115)81(114)68(41-109)132-93)133-70-39-94(6,98)85(116)45(5)129-70)130-64-21-13-49(28-44(64)4)79(112)77(105-87(118)62(99-7)27-43(2)3)91(122)100-61(20-23-69(97)111)86(117)102-75(53)89(120)103-74/h12-19,21-22,28,34-38,43,45-47,51-52,61-62,68,70,73-82,84-85,93,99,109-110,112-116,124-125H,8-11,20,23-27,29-33,39-42,98H2,1-7H3,(H2,97,111)(H,100,122)(H,101,121)(H,102,117)(H,103,120)(H,104,123)(H,105,118)(H,106,119)/t45-,46?,47?,51?,52?,61-,62+,68+,70-,73?,74+,75+,76-,77+,78-,79+,80+,81+,82-,84+,85+,93-,94-/m0/s1. The second-order valence-electron chi connectivity index (χ2n) is 38.3. The average Bonchev–Trinajstić information content (AvgIpc) is 1.55. The Labute approximate surface area is 784 Å². The average molecular weight is 1910 g/mol. The molecule has 0 aromatic heterocycles. The maximum atomic E-state index is 16.9. The van der Waals surface area contributed by atoms with E-state index in [0.717, 1.165) is 69.6 Å². The fraction of sp³-hybridized carbons (Fsp3) is 0.537. The molecule has 38 nitrogen and oxygen atoms in total. The number of aromatic hydroxyl groups is 1. The lowest BCUT2D eigenvalue weighted by Gasteiger charge is -2.54. The quantitative estimate of drug-likeness (QED) is 0.0304. The SMILES string of the molecule is CCCCCOc1ccc(S(=O)(=O)N2CCCN(Cc3c(O)cc4c5c3C(O)(O)c3ccc(cc3-5)[C@H]3NC(=O)[C@@H]5NC(=O)[C@H](CCC(N)=O)NC(=O)[C@H](NC(=O)[C@@H](CC(C)C)NC)[C@H](O)c6ccc(c(C)c6)Oc6cc5cc(c6O[C@@H]5O[C@H](CO)[C@@H](O)[C@H](O)[C@H]5O[C@H]5C[C@](C)(N)[C@H](O)[C@H](C)O5)Oc5ccc(cc5Cl)[C@@H](O)[C@H](NC3=O)C(=O)N[C@@H]4C(=O)NC3C4CC5CC(C4)CC3C5)C2)cc1. The predicted octanol–water partition coefficient (Wildman–Crippen LogP) is 3.52. The van der Waals surface area contributed by atoms with Gasteiger partial charge in [-0.1, -0.05) is 69.5 Å². The number of unbranched alkanes of at least 4 members (excludes halogenated alkanes) is 2. The Morgan fingerprint density at radius 2 is 1.39 bits per heavy atom. The number of halogens is 1. The number of phenolic OH excluding ortho intramolecular Hbond substituents is 1. The van der Waals surface area contributed by atoms with Gasteiger partial charge >= 0.3 is 0 Å². The van der Waals surface area contributed by atoms with Gasteiger partial charge in [-0.25, -0.2) is 8.42 Å². The van der Waals surface area contributed by atoms with Gasteiger partial charge in [0.15, 0.2) is 23.9 Å². The summed E-state index contributed by atoms with van der Waals surface area (Å²) in [5, 5.41) is 133. The maximum absolute atomic E-state index is 16.9. The van der Waals surface area contributed by atoms with Gasteiger partial charge in [-0.15, -0.1) is 0 Å². The minimum Gasteiger partial charge on any atom is -0.508 e. The zero-order valence-corrected chi connectivity index (χ0v) is 77.3. The van der Waals surface area contributed by atoms with Crippen LogP contribution in [0.1, 0.15) is 198 Å². The van der Waals surface area contributed by atoms with Crippen molar-refractivity contribution in [3.63, 3.8) is 0 Å². The van der Waals surface area contributed by atoms with E-state index in [1.807, 2.05) is 13.8 Å². The van der Waals surface area contributed by atoms with Gasteiger partial charge in [0, 0.05) is 60.7 Å². The van der Waals surface area contributed by atoms with Gasteiger partial charge < -0.3 is 133 Å². The first-order chi connectivity index (χ1) is 64.2. The summed E-state index contributed by atoms with van der Waals surface area (Å²) in [6.45, 7) is 9.38. The Balaban J connectivity index is 0.876. The number of nitrogens with two attached hydrogens (primary N) is 2. The molecule has 8 aliphatic heterocycles. The van der Waals surface area contributed by atoms with Crippen molar-refractivity contribution in [2.24, 2.45) is 41.1 Å². The molecule has 6 aromatic carbocycles. The summed E-state index contributed by atoms with van der Waals surface area (Å²) in [7, 11) is -2.74. The van der Waals surface area contributed by atoms with E-state index < -0.39 is 238 Å². The van der Waals surface area contributed by atoms with Crippen LogP contribution in [-0.2, 0) is 74.9 Å². The smallest absolute Gasteiger partial charge is 0.248 e. The zero-order chi connectivity index (χ0) is 96.5. The molecule has 21 N–H and O–H groups in total. The number of hydrogen-bond donors (Lipinski definition) is 19. The highest BCUT2D eigenvalue weighted by atomic mass is 35.5. The Morgan fingerprint density at radius 1 is 0.733 bits per heavy atom. The van der Waals surface area contributed by atoms with Crippen molar-refractivity contribution in [1.29, 1.82) is 0 Å². The summed E-state index contributed by atoms with van der Waals surface area (Å²) in [4.78, 5) is 126. The van der Waals surface area contributed by atoms with Crippen molar-refractivity contribution >= 4 is 68.9 Å². The van der Waals surface area contributed by atoms with Crippen LogP contribution in [0.5, 0.6) is 40.2 Å².